The lowest BCUT2D eigenvalue weighted by atomic mass is 9.98. The first-order valence-corrected chi connectivity index (χ1v) is 12.0. The number of para-hydroxylation sites is 1. The first-order valence-electron chi connectivity index (χ1n) is 11.2. The molecule has 1 aliphatic carbocycles. The second kappa shape index (κ2) is 9.58. The summed E-state index contributed by atoms with van der Waals surface area (Å²) < 4.78 is 11.7. The van der Waals surface area contributed by atoms with E-state index in [4.69, 9.17) is 9.47 Å². The molecule has 0 spiro atoms. The number of carbonyl (C=O) groups excluding carboxylic acids is 1. The Morgan fingerprint density at radius 1 is 0.970 bits per heavy atom. The monoisotopic (exact) mass is 459 g/mol. The quantitative estimate of drug-likeness (QED) is 0.312. The lowest BCUT2D eigenvalue weighted by molar-refractivity contribution is 0.0216. The highest BCUT2D eigenvalue weighted by Gasteiger charge is 2.24. The number of nitrogens with one attached hydrogen (secondary N) is 1. The van der Waals surface area contributed by atoms with Gasteiger partial charge in [-0.1, -0.05) is 24.6 Å². The predicted octanol–water partition coefficient (Wildman–Crippen LogP) is 7.03. The van der Waals surface area contributed by atoms with Crippen LogP contribution >= 0.6 is 11.3 Å². The van der Waals surface area contributed by atoms with Gasteiger partial charge in [0.05, 0.1) is 5.39 Å². The fourth-order valence-electron chi connectivity index (χ4n) is 4.12. The molecule has 1 N–H and O–H groups in total. The lowest BCUT2D eigenvalue weighted by Crippen LogP contribution is -2.20. The molecule has 0 atom stereocenters. The molecule has 4 aromatic rings. The number of benzene rings is 2. The maximum absolute atomic E-state index is 12.9. The van der Waals surface area contributed by atoms with Gasteiger partial charge < -0.3 is 14.8 Å². The lowest BCUT2D eigenvalue weighted by Gasteiger charge is -2.21. The number of nitrogens with zero attached hydrogens (tertiary/aromatic N) is 2. The van der Waals surface area contributed by atoms with Gasteiger partial charge in [-0.3, -0.25) is 0 Å². The number of carbonyl (C=O) groups is 1. The van der Waals surface area contributed by atoms with E-state index < -0.39 is 0 Å². The van der Waals surface area contributed by atoms with Gasteiger partial charge in [-0.25, -0.2) is 14.8 Å². The van der Waals surface area contributed by atoms with Crippen molar-refractivity contribution in [2.45, 2.75) is 45.1 Å². The Morgan fingerprint density at radius 2 is 1.70 bits per heavy atom. The highest BCUT2D eigenvalue weighted by molar-refractivity contribution is 7.20. The molecular formula is C26H25N3O3S. The minimum atomic E-state index is -0.254. The molecule has 33 heavy (non-hydrogen) atoms. The number of anilines is 2. The van der Waals surface area contributed by atoms with E-state index in [0.29, 0.717) is 10.7 Å². The van der Waals surface area contributed by atoms with Crippen molar-refractivity contribution in [2.24, 2.45) is 0 Å². The van der Waals surface area contributed by atoms with Crippen LogP contribution in [0.15, 0.2) is 60.9 Å². The number of esters is 1. The second-order valence-corrected chi connectivity index (χ2v) is 9.19. The summed E-state index contributed by atoms with van der Waals surface area (Å²) in [6, 6.07) is 17.3. The van der Waals surface area contributed by atoms with Crippen molar-refractivity contribution in [1.82, 2.24) is 9.97 Å². The van der Waals surface area contributed by atoms with Gasteiger partial charge >= 0.3 is 5.97 Å². The number of hydrogen-bond acceptors (Lipinski definition) is 7. The number of aromatic nitrogens is 2. The maximum atomic E-state index is 12.9. The van der Waals surface area contributed by atoms with Crippen LogP contribution in [0.1, 0.15) is 47.3 Å². The van der Waals surface area contributed by atoms with E-state index in [-0.39, 0.29) is 12.1 Å². The van der Waals surface area contributed by atoms with E-state index >= 15 is 0 Å². The zero-order valence-electron chi connectivity index (χ0n) is 18.4. The zero-order valence-corrected chi connectivity index (χ0v) is 19.2. The van der Waals surface area contributed by atoms with Crippen LogP contribution in [-0.4, -0.2) is 22.0 Å². The molecule has 0 saturated heterocycles. The summed E-state index contributed by atoms with van der Waals surface area (Å²) in [5.74, 6) is 1.95. The van der Waals surface area contributed by atoms with Crippen LogP contribution in [0.3, 0.4) is 0 Å². The molecule has 0 unspecified atom stereocenters. The summed E-state index contributed by atoms with van der Waals surface area (Å²) in [6.45, 7) is 1.93. The van der Waals surface area contributed by atoms with Gasteiger partial charge in [-0.05, 0) is 74.6 Å². The van der Waals surface area contributed by atoms with Crippen LogP contribution in [-0.2, 0) is 4.74 Å². The number of rotatable bonds is 6. The first kappa shape index (κ1) is 21.4. The average molecular weight is 460 g/mol. The Morgan fingerprint density at radius 3 is 2.45 bits per heavy atom. The van der Waals surface area contributed by atoms with Crippen molar-refractivity contribution in [3.8, 4) is 11.5 Å². The van der Waals surface area contributed by atoms with Gasteiger partial charge in [0.25, 0.3) is 0 Å². The molecule has 168 valence electrons. The zero-order chi connectivity index (χ0) is 22.6. The van der Waals surface area contributed by atoms with Crippen LogP contribution in [0.25, 0.3) is 10.2 Å². The van der Waals surface area contributed by atoms with Crippen LogP contribution in [0, 0.1) is 6.92 Å². The fraction of sp³-hybridized carbons (Fsp3) is 0.269. The van der Waals surface area contributed by atoms with Crippen molar-refractivity contribution in [1.29, 1.82) is 0 Å². The van der Waals surface area contributed by atoms with E-state index in [1.165, 1.54) is 24.1 Å². The van der Waals surface area contributed by atoms with Gasteiger partial charge in [0.15, 0.2) is 0 Å². The molecule has 7 heteroatoms. The summed E-state index contributed by atoms with van der Waals surface area (Å²) >= 11 is 1.36. The van der Waals surface area contributed by atoms with Crippen molar-refractivity contribution >= 4 is 39.0 Å². The predicted molar refractivity (Wildman–Crippen MR) is 131 cm³/mol. The molecule has 0 bridgehead atoms. The molecule has 1 fully saturated rings. The summed E-state index contributed by atoms with van der Waals surface area (Å²) in [5, 5.41) is 4.21. The molecule has 6 nitrogen and oxygen atoms in total. The van der Waals surface area contributed by atoms with Gasteiger partial charge in [0.2, 0.25) is 0 Å². The van der Waals surface area contributed by atoms with Crippen molar-refractivity contribution in [3.05, 3.63) is 71.4 Å². The van der Waals surface area contributed by atoms with Gasteiger partial charge in [-0.15, -0.1) is 11.3 Å². The minimum absolute atomic E-state index is 0.0242. The molecule has 2 aromatic heterocycles. The highest BCUT2D eigenvalue weighted by Crippen LogP contribution is 2.36. The number of thiophene rings is 1. The third kappa shape index (κ3) is 4.83. The smallest absolute Gasteiger partial charge is 0.348 e. The average Bonchev–Trinajstić information content (AvgIpc) is 3.19. The number of fused-ring (bicyclic) bond motifs is 1. The summed E-state index contributed by atoms with van der Waals surface area (Å²) in [5.41, 5.74) is 1.72. The Balaban J connectivity index is 1.34. The molecule has 0 amide bonds. The normalized spacial score (nSPS) is 14.2. The van der Waals surface area contributed by atoms with Gasteiger partial charge in [-0.2, -0.15) is 0 Å². The van der Waals surface area contributed by atoms with Crippen molar-refractivity contribution in [3.63, 3.8) is 0 Å². The van der Waals surface area contributed by atoms with Crippen LogP contribution in [0.2, 0.25) is 0 Å². The highest BCUT2D eigenvalue weighted by atomic mass is 32.1. The number of aryl methyl sites for hydroxylation is 1. The topological polar surface area (TPSA) is 73.3 Å². The SMILES string of the molecule is Cc1c(C(=O)OC2CCCCC2)sc2ncnc(Nc3ccc(Oc4ccccc4)cc3)c12. The minimum Gasteiger partial charge on any atom is -0.458 e. The van der Waals surface area contributed by atoms with Crippen LogP contribution < -0.4 is 10.1 Å². The van der Waals surface area contributed by atoms with Crippen LogP contribution in [0.4, 0.5) is 11.5 Å². The molecule has 1 saturated carbocycles. The molecule has 0 aliphatic heterocycles. The Bertz CT molecular complexity index is 1250. The molecular weight excluding hydrogens is 434 g/mol. The van der Waals surface area contributed by atoms with E-state index in [2.05, 4.69) is 15.3 Å². The number of hydrogen-bond donors (Lipinski definition) is 1. The molecule has 2 aromatic carbocycles. The summed E-state index contributed by atoms with van der Waals surface area (Å²) in [6.07, 6.45) is 6.91. The molecule has 1 aliphatic rings. The number of ether oxygens (including phenoxy) is 2. The summed E-state index contributed by atoms with van der Waals surface area (Å²) in [4.78, 5) is 23.1. The fourth-order valence-corrected chi connectivity index (χ4v) is 5.15. The Hall–Kier alpha value is -3.45. The molecule has 0 radical (unpaired) electrons. The first-order chi connectivity index (χ1) is 16.2. The molecule has 2 heterocycles. The Labute approximate surface area is 196 Å². The van der Waals surface area contributed by atoms with E-state index in [9.17, 15) is 4.79 Å². The third-order valence-corrected chi connectivity index (χ3v) is 7.01. The van der Waals surface area contributed by atoms with Crippen LogP contribution in [0.5, 0.6) is 11.5 Å². The van der Waals surface area contributed by atoms with Crippen molar-refractivity contribution in [2.75, 3.05) is 5.32 Å². The maximum Gasteiger partial charge on any atom is 0.348 e. The molecule has 5 rings (SSSR count). The second-order valence-electron chi connectivity index (χ2n) is 8.19. The van der Waals surface area contributed by atoms with Gasteiger partial charge in [0.1, 0.15) is 39.5 Å². The largest absolute Gasteiger partial charge is 0.458 e. The Kier molecular flexibility index (Phi) is 6.21. The standard InChI is InChI=1S/C26H25N3O3S/c1-17-22-24(29-18-12-14-21(15-13-18)31-19-8-4-2-5-9-19)27-16-28-25(22)33-23(17)26(30)32-20-10-6-3-7-11-20/h2,4-5,8-9,12-16,20H,3,6-7,10-11H2,1H3,(H,27,28,29). The van der Waals surface area contributed by atoms with Gasteiger partial charge in [0, 0.05) is 5.69 Å². The van der Waals surface area contributed by atoms with Crippen molar-refractivity contribution < 1.29 is 14.3 Å². The van der Waals surface area contributed by atoms with E-state index in [1.54, 1.807) is 0 Å². The van der Waals surface area contributed by atoms with E-state index in [0.717, 1.165) is 58.6 Å². The summed E-state index contributed by atoms with van der Waals surface area (Å²) in [7, 11) is 0. The van der Waals surface area contributed by atoms with E-state index in [1.807, 2.05) is 61.5 Å². The third-order valence-electron chi connectivity index (χ3n) is 5.83.